The minimum atomic E-state index is -4.14. The Balaban J connectivity index is 2.33. The summed E-state index contributed by atoms with van der Waals surface area (Å²) < 4.78 is 40.4. The molecule has 0 radical (unpaired) electrons. The molecule has 8 heteroatoms. The van der Waals surface area contributed by atoms with E-state index in [0.29, 0.717) is 5.13 Å². The average molecular weight is 282 g/mol. The van der Waals surface area contributed by atoms with Gasteiger partial charge in [0.1, 0.15) is 0 Å². The summed E-state index contributed by atoms with van der Waals surface area (Å²) in [5.41, 5.74) is 0.167. The molecule has 1 aromatic heterocycles. The van der Waals surface area contributed by atoms with Crippen LogP contribution in [0.4, 0.5) is 18.3 Å². The maximum atomic E-state index is 11.9. The Morgan fingerprint density at radius 3 is 2.89 bits per heavy atom. The van der Waals surface area contributed by atoms with Gasteiger partial charge in [-0.25, -0.2) is 9.78 Å². The molecule has 0 aliphatic rings. The molecule has 0 saturated carbocycles. The Bertz CT molecular complexity index is 393. The summed E-state index contributed by atoms with van der Waals surface area (Å²) in [5, 5.41) is 4.66. The van der Waals surface area contributed by atoms with Crippen molar-refractivity contribution in [2.75, 3.05) is 18.5 Å². The first-order chi connectivity index (χ1) is 8.42. The van der Waals surface area contributed by atoms with E-state index in [2.05, 4.69) is 10.3 Å². The summed E-state index contributed by atoms with van der Waals surface area (Å²) in [5.74, 6) is -0.530. The second-order valence-electron chi connectivity index (χ2n) is 3.40. The van der Waals surface area contributed by atoms with E-state index < -0.39 is 18.6 Å². The van der Waals surface area contributed by atoms with Crippen LogP contribution >= 0.6 is 11.3 Å². The van der Waals surface area contributed by atoms with Gasteiger partial charge in [0.15, 0.2) is 10.8 Å². The van der Waals surface area contributed by atoms with Gasteiger partial charge in [0.2, 0.25) is 0 Å². The molecule has 18 heavy (non-hydrogen) atoms. The van der Waals surface area contributed by atoms with Crippen molar-refractivity contribution in [3.05, 3.63) is 11.1 Å². The van der Waals surface area contributed by atoms with Crippen molar-refractivity contribution in [1.29, 1.82) is 0 Å². The number of ether oxygens (including phenoxy) is 1. The number of anilines is 1. The van der Waals surface area contributed by atoms with E-state index in [0.717, 1.165) is 11.3 Å². The van der Waals surface area contributed by atoms with Crippen LogP contribution in [0.2, 0.25) is 0 Å². The van der Waals surface area contributed by atoms with Gasteiger partial charge in [-0.2, -0.15) is 13.2 Å². The number of esters is 1. The van der Waals surface area contributed by atoms with Crippen molar-refractivity contribution >= 4 is 22.4 Å². The largest absolute Gasteiger partial charge is 0.461 e. The van der Waals surface area contributed by atoms with E-state index in [9.17, 15) is 18.0 Å². The molecule has 1 heterocycles. The number of aromatic nitrogens is 1. The van der Waals surface area contributed by atoms with E-state index in [1.807, 2.05) is 0 Å². The van der Waals surface area contributed by atoms with Gasteiger partial charge in [-0.3, -0.25) is 0 Å². The highest BCUT2D eigenvalue weighted by atomic mass is 32.1. The molecule has 0 fully saturated rings. The van der Waals surface area contributed by atoms with Crippen molar-refractivity contribution in [3.8, 4) is 0 Å². The van der Waals surface area contributed by atoms with E-state index in [-0.39, 0.29) is 25.3 Å². The number of thiazole rings is 1. The van der Waals surface area contributed by atoms with Crippen LogP contribution in [0.1, 0.15) is 30.3 Å². The van der Waals surface area contributed by atoms with Gasteiger partial charge in [-0.15, -0.1) is 11.3 Å². The van der Waals surface area contributed by atoms with E-state index in [1.165, 1.54) is 5.38 Å². The van der Waals surface area contributed by atoms with Crippen LogP contribution in [0.25, 0.3) is 0 Å². The summed E-state index contributed by atoms with van der Waals surface area (Å²) in [6.07, 6.45) is -5.01. The molecular formula is C10H13F3N2O2S. The number of alkyl halides is 3. The highest BCUT2D eigenvalue weighted by Gasteiger charge is 2.25. The van der Waals surface area contributed by atoms with Crippen molar-refractivity contribution in [2.24, 2.45) is 0 Å². The Hall–Kier alpha value is -1.31. The minimum absolute atomic E-state index is 0.0299. The second-order valence-corrected chi connectivity index (χ2v) is 4.26. The predicted molar refractivity (Wildman–Crippen MR) is 61.8 cm³/mol. The molecule has 4 nitrogen and oxygen atoms in total. The molecule has 1 rings (SSSR count). The lowest BCUT2D eigenvalue weighted by Crippen LogP contribution is -2.11. The third-order valence-electron chi connectivity index (χ3n) is 1.90. The molecule has 0 amide bonds. The van der Waals surface area contributed by atoms with Crippen LogP contribution < -0.4 is 5.32 Å². The summed E-state index contributed by atoms with van der Waals surface area (Å²) in [6.45, 7) is 2.10. The first kappa shape index (κ1) is 14.7. The molecule has 0 bridgehead atoms. The quantitative estimate of drug-likeness (QED) is 0.643. The molecule has 102 valence electrons. The maximum absolute atomic E-state index is 11.9. The van der Waals surface area contributed by atoms with Crippen LogP contribution in [0.5, 0.6) is 0 Å². The van der Waals surface area contributed by atoms with Gasteiger partial charge in [0, 0.05) is 18.3 Å². The molecular weight excluding hydrogens is 269 g/mol. The lowest BCUT2D eigenvalue weighted by molar-refractivity contribution is -0.134. The number of nitrogens with zero attached hydrogens (tertiary/aromatic N) is 1. The SMILES string of the molecule is CCOC(=O)c1csc(NCCCC(F)(F)F)n1. The first-order valence-electron chi connectivity index (χ1n) is 5.35. The first-order valence-corrected chi connectivity index (χ1v) is 6.23. The molecule has 0 aliphatic carbocycles. The molecule has 0 saturated heterocycles. The average Bonchev–Trinajstić information content (AvgIpc) is 2.72. The van der Waals surface area contributed by atoms with E-state index in [1.54, 1.807) is 6.92 Å². The number of halogens is 3. The highest BCUT2D eigenvalue weighted by Crippen LogP contribution is 2.22. The van der Waals surface area contributed by atoms with Crippen LogP contribution in [-0.2, 0) is 4.74 Å². The minimum Gasteiger partial charge on any atom is -0.461 e. The summed E-state index contributed by atoms with van der Waals surface area (Å²) in [4.78, 5) is 15.2. The van der Waals surface area contributed by atoms with Crippen molar-refractivity contribution < 1.29 is 22.7 Å². The smallest absolute Gasteiger partial charge is 0.389 e. The molecule has 0 unspecified atom stereocenters. The predicted octanol–water partition coefficient (Wildman–Crippen LogP) is 3.07. The van der Waals surface area contributed by atoms with Gasteiger partial charge in [-0.1, -0.05) is 0 Å². The normalized spacial score (nSPS) is 11.3. The maximum Gasteiger partial charge on any atom is 0.389 e. The van der Waals surface area contributed by atoms with Gasteiger partial charge >= 0.3 is 12.1 Å². The fraction of sp³-hybridized carbons (Fsp3) is 0.600. The van der Waals surface area contributed by atoms with Crippen molar-refractivity contribution in [1.82, 2.24) is 4.98 Å². The summed E-state index contributed by atoms with van der Waals surface area (Å²) in [7, 11) is 0. The van der Waals surface area contributed by atoms with Gasteiger partial charge in [0.25, 0.3) is 0 Å². The lowest BCUT2D eigenvalue weighted by Gasteiger charge is -2.05. The van der Waals surface area contributed by atoms with Crippen LogP contribution in [0.15, 0.2) is 5.38 Å². The molecule has 1 N–H and O–H groups in total. The number of rotatable bonds is 6. The number of carbonyl (C=O) groups is 1. The Morgan fingerprint density at radius 2 is 2.28 bits per heavy atom. The highest BCUT2D eigenvalue weighted by molar-refractivity contribution is 7.13. The zero-order valence-corrected chi connectivity index (χ0v) is 10.5. The third-order valence-corrected chi connectivity index (χ3v) is 2.70. The molecule has 0 spiro atoms. The molecule has 1 aromatic rings. The zero-order chi connectivity index (χ0) is 13.6. The zero-order valence-electron chi connectivity index (χ0n) is 9.71. The third kappa shape index (κ3) is 5.35. The number of hydrogen-bond donors (Lipinski definition) is 1. The van der Waals surface area contributed by atoms with Crippen LogP contribution in [-0.4, -0.2) is 30.3 Å². The fourth-order valence-corrected chi connectivity index (χ4v) is 1.85. The van der Waals surface area contributed by atoms with E-state index >= 15 is 0 Å². The van der Waals surface area contributed by atoms with Crippen molar-refractivity contribution in [3.63, 3.8) is 0 Å². The Kier molecular flexibility index (Phi) is 5.39. The van der Waals surface area contributed by atoms with Crippen molar-refractivity contribution in [2.45, 2.75) is 25.9 Å². The molecule has 0 aliphatic heterocycles. The second kappa shape index (κ2) is 6.58. The molecule has 0 atom stereocenters. The molecule has 0 aromatic carbocycles. The number of hydrogen-bond acceptors (Lipinski definition) is 5. The number of carbonyl (C=O) groups excluding carboxylic acids is 1. The van der Waals surface area contributed by atoms with Crippen LogP contribution in [0, 0.1) is 0 Å². The topological polar surface area (TPSA) is 51.2 Å². The Morgan fingerprint density at radius 1 is 1.56 bits per heavy atom. The van der Waals surface area contributed by atoms with E-state index in [4.69, 9.17) is 4.74 Å². The fourth-order valence-electron chi connectivity index (χ4n) is 1.14. The standard InChI is InChI=1S/C10H13F3N2O2S/c1-2-17-8(16)7-6-18-9(15-7)14-5-3-4-10(11,12)13/h6H,2-5H2,1H3,(H,14,15). The Labute approximate surface area is 106 Å². The van der Waals surface area contributed by atoms with Gasteiger partial charge in [0.05, 0.1) is 6.61 Å². The number of nitrogens with one attached hydrogen (secondary N) is 1. The van der Waals surface area contributed by atoms with Crippen LogP contribution in [0.3, 0.4) is 0 Å². The van der Waals surface area contributed by atoms with Gasteiger partial charge in [-0.05, 0) is 13.3 Å². The summed E-state index contributed by atoms with van der Waals surface area (Å²) >= 11 is 1.16. The monoisotopic (exact) mass is 282 g/mol. The lowest BCUT2D eigenvalue weighted by atomic mass is 10.3. The van der Waals surface area contributed by atoms with Gasteiger partial charge < -0.3 is 10.1 Å². The summed E-state index contributed by atoms with van der Waals surface area (Å²) in [6, 6.07) is 0.